The second kappa shape index (κ2) is 6.77. The Bertz CT molecular complexity index is 517. The van der Waals surface area contributed by atoms with Gasteiger partial charge in [0.1, 0.15) is 18.9 Å². The molecule has 4 N–H and O–H groups in total. The summed E-state index contributed by atoms with van der Waals surface area (Å²) in [4.78, 5) is 0. The molecule has 0 radical (unpaired) electrons. The van der Waals surface area contributed by atoms with Crippen LogP contribution in [0.4, 0.5) is 18.9 Å². The first-order chi connectivity index (χ1) is 9.22. The molecule has 0 aliphatic carbocycles. The zero-order valence-corrected chi connectivity index (χ0v) is 11.1. The summed E-state index contributed by atoms with van der Waals surface area (Å²) < 4.78 is 66.9. The van der Waals surface area contributed by atoms with E-state index < -0.39 is 22.9 Å². The highest BCUT2D eigenvalue weighted by Crippen LogP contribution is 2.17. The van der Waals surface area contributed by atoms with Crippen LogP contribution in [0.5, 0.6) is 5.75 Å². The van der Waals surface area contributed by atoms with Crippen LogP contribution in [-0.4, -0.2) is 34.3 Å². The van der Waals surface area contributed by atoms with Crippen LogP contribution in [0.1, 0.15) is 0 Å². The van der Waals surface area contributed by atoms with Crippen LogP contribution in [0.15, 0.2) is 24.3 Å². The molecule has 0 bridgehead atoms. The van der Waals surface area contributed by atoms with Crippen molar-refractivity contribution in [3.05, 3.63) is 24.3 Å². The number of nitrogens with one attached hydrogen (secondary N) is 2. The zero-order valence-electron chi connectivity index (χ0n) is 10.3. The van der Waals surface area contributed by atoms with E-state index in [-0.39, 0.29) is 5.69 Å². The molecule has 0 unspecified atom stereocenters. The molecule has 1 aromatic carbocycles. The lowest BCUT2D eigenvalue weighted by Gasteiger charge is -2.11. The summed E-state index contributed by atoms with van der Waals surface area (Å²) >= 11 is 0. The summed E-state index contributed by atoms with van der Waals surface area (Å²) in [6.45, 7) is -1.01. The van der Waals surface area contributed by atoms with Gasteiger partial charge in [-0.3, -0.25) is 4.72 Å². The van der Waals surface area contributed by atoms with Crippen molar-refractivity contribution in [3.63, 3.8) is 0 Å². The maximum absolute atomic E-state index is 11.9. The summed E-state index contributed by atoms with van der Waals surface area (Å²) in [6.07, 6.45) is -4.62. The molecule has 0 heterocycles. The molecular formula is C10H14F3N3O3S. The predicted molar refractivity (Wildman–Crippen MR) is 67.6 cm³/mol. The van der Waals surface area contributed by atoms with Crippen molar-refractivity contribution in [3.8, 4) is 5.75 Å². The second-order valence-electron chi connectivity index (χ2n) is 3.70. The molecule has 0 atom stereocenters. The molecule has 20 heavy (non-hydrogen) atoms. The molecule has 0 aliphatic heterocycles. The van der Waals surface area contributed by atoms with Gasteiger partial charge in [-0.25, -0.2) is 0 Å². The lowest BCUT2D eigenvalue weighted by molar-refractivity contribution is -0.121. The molecular weight excluding hydrogens is 299 g/mol. The number of anilines is 1. The molecule has 1 rings (SSSR count). The Hall–Kier alpha value is -1.52. The topological polar surface area (TPSA) is 93.4 Å². The fraction of sp³-hybridized carbons (Fsp3) is 0.400. The van der Waals surface area contributed by atoms with Crippen molar-refractivity contribution in [1.82, 2.24) is 4.72 Å². The van der Waals surface area contributed by atoms with Gasteiger partial charge in [0.15, 0.2) is 0 Å². The molecule has 0 saturated heterocycles. The van der Waals surface area contributed by atoms with E-state index in [9.17, 15) is 21.6 Å². The molecule has 6 nitrogen and oxygen atoms in total. The van der Waals surface area contributed by atoms with Gasteiger partial charge in [-0.2, -0.15) is 26.3 Å². The molecule has 0 amide bonds. The summed E-state index contributed by atoms with van der Waals surface area (Å²) in [5, 5.41) is 0. The maximum Gasteiger partial charge on any atom is 0.402 e. The normalized spacial score (nSPS) is 12.2. The van der Waals surface area contributed by atoms with Gasteiger partial charge in [0.2, 0.25) is 0 Å². The Morgan fingerprint density at radius 2 is 1.80 bits per heavy atom. The smallest absolute Gasteiger partial charge is 0.402 e. The van der Waals surface area contributed by atoms with E-state index in [2.05, 4.69) is 0 Å². The fourth-order valence-corrected chi connectivity index (χ4v) is 2.04. The highest BCUT2D eigenvalue weighted by atomic mass is 32.2. The van der Waals surface area contributed by atoms with Gasteiger partial charge in [0, 0.05) is 12.2 Å². The number of alkyl halides is 3. The molecule has 0 aromatic heterocycles. The largest absolute Gasteiger partial charge is 0.492 e. The number of nitrogens with two attached hydrogens (primary N) is 1. The van der Waals surface area contributed by atoms with Crippen molar-refractivity contribution in [2.75, 3.05) is 24.4 Å². The van der Waals surface area contributed by atoms with Crippen LogP contribution in [0.3, 0.4) is 0 Å². The standard InChI is InChI=1S/C10H14F3N3O3S/c11-10(12,13)7-15-20(17,18)16-8-1-3-9(4-2-8)19-6-5-14/h1-4,15-16H,5-7,14H2. The van der Waals surface area contributed by atoms with E-state index in [1.165, 1.54) is 29.0 Å². The Morgan fingerprint density at radius 3 is 2.30 bits per heavy atom. The molecule has 1 aromatic rings. The third-order valence-corrected chi connectivity index (χ3v) is 2.98. The average molecular weight is 313 g/mol. The molecule has 0 fully saturated rings. The Kier molecular flexibility index (Phi) is 5.60. The number of hydrogen-bond donors (Lipinski definition) is 3. The quantitative estimate of drug-likeness (QED) is 0.695. The Labute approximate surface area is 114 Å². The fourth-order valence-electron chi connectivity index (χ4n) is 1.16. The van der Waals surface area contributed by atoms with Crippen molar-refractivity contribution >= 4 is 15.9 Å². The number of halogens is 3. The predicted octanol–water partition coefficient (Wildman–Crippen LogP) is 0.833. The van der Waals surface area contributed by atoms with Gasteiger partial charge in [-0.1, -0.05) is 0 Å². The van der Waals surface area contributed by atoms with Crippen LogP contribution >= 0.6 is 0 Å². The van der Waals surface area contributed by atoms with Crippen LogP contribution in [0.25, 0.3) is 0 Å². The van der Waals surface area contributed by atoms with Crippen LogP contribution < -0.4 is 19.9 Å². The Morgan fingerprint density at radius 1 is 1.20 bits per heavy atom. The van der Waals surface area contributed by atoms with Gasteiger partial charge in [-0.05, 0) is 24.3 Å². The highest BCUT2D eigenvalue weighted by molar-refractivity contribution is 7.90. The summed E-state index contributed by atoms with van der Waals surface area (Å²) in [6, 6.07) is 5.66. The van der Waals surface area contributed by atoms with Crippen molar-refractivity contribution in [2.24, 2.45) is 5.73 Å². The van der Waals surface area contributed by atoms with Gasteiger partial charge in [0.05, 0.1) is 0 Å². The minimum Gasteiger partial charge on any atom is -0.492 e. The molecule has 10 heteroatoms. The van der Waals surface area contributed by atoms with Crippen molar-refractivity contribution in [2.45, 2.75) is 6.18 Å². The zero-order chi connectivity index (χ0) is 15.2. The lowest BCUT2D eigenvalue weighted by Crippen LogP contribution is -2.37. The van der Waals surface area contributed by atoms with Crippen LogP contribution in [0, 0.1) is 0 Å². The van der Waals surface area contributed by atoms with Gasteiger partial charge < -0.3 is 10.5 Å². The van der Waals surface area contributed by atoms with E-state index in [1.807, 2.05) is 4.72 Å². The van der Waals surface area contributed by atoms with E-state index in [0.29, 0.717) is 18.9 Å². The van der Waals surface area contributed by atoms with Gasteiger partial charge >= 0.3 is 6.18 Å². The summed E-state index contributed by atoms with van der Waals surface area (Å²) in [5.74, 6) is 0.474. The first-order valence-corrected chi connectivity index (χ1v) is 6.97. The third-order valence-electron chi connectivity index (χ3n) is 1.96. The molecule has 0 saturated carbocycles. The van der Waals surface area contributed by atoms with Crippen LogP contribution in [0.2, 0.25) is 0 Å². The third kappa shape index (κ3) is 6.59. The maximum atomic E-state index is 11.9. The van der Waals surface area contributed by atoms with Crippen molar-refractivity contribution in [1.29, 1.82) is 0 Å². The van der Waals surface area contributed by atoms with Gasteiger partial charge in [0.25, 0.3) is 10.2 Å². The number of benzene rings is 1. The first kappa shape index (κ1) is 16.5. The second-order valence-corrected chi connectivity index (χ2v) is 5.20. The SMILES string of the molecule is NCCOc1ccc(NS(=O)(=O)NCC(F)(F)F)cc1. The molecule has 0 spiro atoms. The molecule has 0 aliphatic rings. The highest BCUT2D eigenvalue weighted by Gasteiger charge is 2.29. The van der Waals surface area contributed by atoms with Crippen molar-refractivity contribution < 1.29 is 26.3 Å². The van der Waals surface area contributed by atoms with Crippen LogP contribution in [-0.2, 0) is 10.2 Å². The Balaban J connectivity index is 2.59. The minimum absolute atomic E-state index is 0.111. The van der Waals surface area contributed by atoms with E-state index in [0.717, 1.165) is 0 Å². The summed E-state index contributed by atoms with van der Waals surface area (Å²) in [5.41, 5.74) is 5.35. The first-order valence-electron chi connectivity index (χ1n) is 5.49. The molecule has 114 valence electrons. The monoisotopic (exact) mass is 313 g/mol. The average Bonchev–Trinajstić information content (AvgIpc) is 2.35. The minimum atomic E-state index is -4.62. The number of rotatable bonds is 7. The van der Waals surface area contributed by atoms with E-state index >= 15 is 0 Å². The van der Waals surface area contributed by atoms with Gasteiger partial charge in [-0.15, -0.1) is 0 Å². The van der Waals surface area contributed by atoms with E-state index in [1.54, 1.807) is 0 Å². The number of ether oxygens (including phenoxy) is 1. The van der Waals surface area contributed by atoms with E-state index in [4.69, 9.17) is 10.5 Å². The summed E-state index contributed by atoms with van der Waals surface area (Å²) in [7, 11) is -4.28. The lowest BCUT2D eigenvalue weighted by atomic mass is 10.3. The number of hydrogen-bond acceptors (Lipinski definition) is 4.